The number of nitrogens with two attached hydrogens (primary N) is 2. The number of anilines is 1. The van der Waals surface area contributed by atoms with Crippen molar-refractivity contribution in [1.82, 2.24) is 10.2 Å². The monoisotopic (exact) mass is 383 g/mol. The fourth-order valence-electron chi connectivity index (χ4n) is 4.55. The van der Waals surface area contributed by atoms with Gasteiger partial charge in [-0.1, -0.05) is 6.07 Å². The van der Waals surface area contributed by atoms with Crippen LogP contribution >= 0.6 is 0 Å². The van der Waals surface area contributed by atoms with Gasteiger partial charge in [-0.25, -0.2) is 0 Å². The Morgan fingerprint density at radius 3 is 2.32 bits per heavy atom. The summed E-state index contributed by atoms with van der Waals surface area (Å²) >= 11 is 0. The van der Waals surface area contributed by atoms with E-state index in [-0.39, 0.29) is 17.5 Å². The fourth-order valence-corrected chi connectivity index (χ4v) is 4.55. The molecule has 2 fully saturated rings. The van der Waals surface area contributed by atoms with E-state index in [1.165, 1.54) is 19.8 Å². The minimum atomic E-state index is -0.435. The lowest BCUT2D eigenvalue weighted by molar-refractivity contribution is -0.116. The Hall–Kier alpha value is -2.67. The summed E-state index contributed by atoms with van der Waals surface area (Å²) in [5.41, 5.74) is 13.6. The van der Waals surface area contributed by atoms with Gasteiger partial charge >= 0.3 is 0 Å². The molecule has 3 rings (SSSR count). The first kappa shape index (κ1) is 20.1. The second kappa shape index (κ2) is 7.75. The molecule has 0 radical (unpaired) electrons. The Balaban J connectivity index is 1.78. The van der Waals surface area contributed by atoms with Crippen LogP contribution in [0.2, 0.25) is 0 Å². The van der Waals surface area contributed by atoms with Crippen molar-refractivity contribution in [2.75, 3.05) is 12.8 Å². The molecule has 1 amide bonds. The normalized spacial score (nSPS) is 25.2. The van der Waals surface area contributed by atoms with Gasteiger partial charge in [-0.15, -0.1) is 0 Å². The van der Waals surface area contributed by atoms with Gasteiger partial charge in [0.15, 0.2) is 5.78 Å². The summed E-state index contributed by atoms with van der Waals surface area (Å²) in [7, 11) is 2.15. The van der Waals surface area contributed by atoms with E-state index in [0.717, 1.165) is 12.8 Å². The van der Waals surface area contributed by atoms with Crippen molar-refractivity contribution in [2.45, 2.75) is 57.7 Å². The number of nitrogen functional groups attached to an aromatic ring is 1. The van der Waals surface area contributed by atoms with E-state index in [9.17, 15) is 9.59 Å². The first-order valence-corrected chi connectivity index (χ1v) is 9.68. The Morgan fingerprint density at radius 2 is 1.79 bits per heavy atom. The first-order chi connectivity index (χ1) is 13.2. The molecule has 2 heterocycles. The summed E-state index contributed by atoms with van der Waals surface area (Å²) in [4.78, 5) is 27.1. The number of Topliss-reactive ketones (excluding diaryl/α,β-unsaturated/α-hetero) is 1. The molecule has 7 nitrogen and oxygen atoms in total. The van der Waals surface area contributed by atoms with E-state index >= 15 is 0 Å². The standard InChI is InChI=1S/C21H29N5O2/c1-11(22)19(12(2)27)13-4-7-18(23)17(8-13)20(24)21(28)25-14-9-15-5-6-16(10-14)26(15)3/h4,7-8,14-16,24H,5-6,9-10,22-23H2,1-3H3,(H,25,28). The van der Waals surface area contributed by atoms with Crippen molar-refractivity contribution in [3.63, 3.8) is 0 Å². The maximum Gasteiger partial charge on any atom is 0.270 e. The largest absolute Gasteiger partial charge is 0.402 e. The van der Waals surface area contributed by atoms with Gasteiger partial charge < -0.3 is 21.7 Å². The molecule has 2 unspecified atom stereocenters. The predicted octanol–water partition coefficient (Wildman–Crippen LogP) is 1.66. The Bertz CT molecular complexity index is 842. The number of benzene rings is 1. The van der Waals surface area contributed by atoms with Crippen LogP contribution in [0.15, 0.2) is 23.9 Å². The summed E-state index contributed by atoms with van der Waals surface area (Å²) in [6.45, 7) is 3.09. The highest BCUT2D eigenvalue weighted by Gasteiger charge is 2.39. The summed E-state index contributed by atoms with van der Waals surface area (Å²) in [6, 6.07) is 5.97. The molecule has 2 atom stereocenters. The molecule has 28 heavy (non-hydrogen) atoms. The van der Waals surface area contributed by atoms with Crippen LogP contribution in [-0.4, -0.2) is 47.5 Å². The average molecular weight is 383 g/mol. The predicted molar refractivity (Wildman–Crippen MR) is 111 cm³/mol. The van der Waals surface area contributed by atoms with Gasteiger partial charge in [0.1, 0.15) is 5.71 Å². The van der Waals surface area contributed by atoms with E-state index in [4.69, 9.17) is 16.9 Å². The number of hydrogen-bond donors (Lipinski definition) is 4. The molecule has 0 saturated carbocycles. The molecule has 150 valence electrons. The molecule has 0 spiro atoms. The van der Waals surface area contributed by atoms with Crippen molar-refractivity contribution in [3.05, 3.63) is 35.0 Å². The van der Waals surface area contributed by atoms with Crippen LogP contribution in [0.1, 0.15) is 50.7 Å². The highest BCUT2D eigenvalue weighted by atomic mass is 16.2. The molecule has 7 heteroatoms. The zero-order chi connectivity index (χ0) is 20.6. The van der Waals surface area contributed by atoms with Crippen molar-refractivity contribution in [1.29, 1.82) is 5.41 Å². The second-order valence-corrected chi connectivity index (χ2v) is 7.98. The molecule has 2 saturated heterocycles. The van der Waals surface area contributed by atoms with Crippen molar-refractivity contribution < 1.29 is 9.59 Å². The minimum absolute atomic E-state index is 0.0740. The van der Waals surface area contributed by atoms with E-state index in [1.54, 1.807) is 25.1 Å². The number of nitrogens with one attached hydrogen (secondary N) is 2. The summed E-state index contributed by atoms with van der Waals surface area (Å²) in [6.07, 6.45) is 4.15. The summed E-state index contributed by atoms with van der Waals surface area (Å²) in [5, 5.41) is 11.4. The zero-order valence-corrected chi connectivity index (χ0v) is 16.7. The SMILES string of the molecule is CC(=O)C(=C(C)N)c1ccc(N)c(C(=N)C(=O)NC2CC3CCC(C2)N3C)c1. The molecule has 6 N–H and O–H groups in total. The molecular weight excluding hydrogens is 354 g/mol. The lowest BCUT2D eigenvalue weighted by Crippen LogP contribution is -2.50. The number of rotatable bonds is 5. The van der Waals surface area contributed by atoms with Crippen molar-refractivity contribution in [2.24, 2.45) is 5.73 Å². The Kier molecular flexibility index (Phi) is 5.56. The van der Waals surface area contributed by atoms with Crippen LogP contribution in [0.3, 0.4) is 0 Å². The third-order valence-electron chi connectivity index (χ3n) is 6.02. The van der Waals surface area contributed by atoms with Crippen LogP contribution in [-0.2, 0) is 9.59 Å². The topological polar surface area (TPSA) is 125 Å². The van der Waals surface area contributed by atoms with E-state index in [2.05, 4.69) is 17.3 Å². The van der Waals surface area contributed by atoms with E-state index < -0.39 is 5.91 Å². The lowest BCUT2D eigenvalue weighted by atomic mass is 9.95. The van der Waals surface area contributed by atoms with E-state index in [1.807, 2.05) is 0 Å². The van der Waals surface area contributed by atoms with Crippen LogP contribution < -0.4 is 16.8 Å². The molecule has 2 aliphatic rings. The first-order valence-electron chi connectivity index (χ1n) is 9.68. The zero-order valence-electron chi connectivity index (χ0n) is 16.7. The number of piperidine rings is 1. The maximum absolute atomic E-state index is 12.7. The molecule has 1 aromatic carbocycles. The third-order valence-corrected chi connectivity index (χ3v) is 6.02. The van der Waals surface area contributed by atoms with Crippen molar-refractivity contribution in [3.8, 4) is 0 Å². The summed E-state index contributed by atoms with van der Waals surface area (Å²) < 4.78 is 0. The van der Waals surface area contributed by atoms with Gasteiger partial charge in [0.05, 0.1) is 0 Å². The number of fused-ring (bicyclic) bond motifs is 2. The number of carbonyl (C=O) groups excluding carboxylic acids is 2. The van der Waals surface area contributed by atoms with Gasteiger partial charge in [0.2, 0.25) is 0 Å². The fraction of sp³-hybridized carbons (Fsp3) is 0.476. The lowest BCUT2D eigenvalue weighted by Gasteiger charge is -2.36. The van der Waals surface area contributed by atoms with Gasteiger partial charge in [-0.3, -0.25) is 15.0 Å². The van der Waals surface area contributed by atoms with Crippen molar-refractivity contribution >= 4 is 28.7 Å². The molecular formula is C21H29N5O2. The minimum Gasteiger partial charge on any atom is -0.402 e. The molecule has 2 aliphatic heterocycles. The molecule has 0 aliphatic carbocycles. The maximum atomic E-state index is 12.7. The van der Waals surface area contributed by atoms with Crippen LogP contribution in [0.5, 0.6) is 0 Å². The third kappa shape index (κ3) is 3.80. The average Bonchev–Trinajstić information content (AvgIpc) is 2.83. The Labute approximate surface area is 165 Å². The van der Waals surface area contributed by atoms with Crippen LogP contribution in [0, 0.1) is 5.41 Å². The van der Waals surface area contributed by atoms with Crippen LogP contribution in [0.4, 0.5) is 5.69 Å². The molecule has 2 bridgehead atoms. The van der Waals surface area contributed by atoms with Gasteiger partial charge in [0, 0.05) is 40.6 Å². The van der Waals surface area contributed by atoms with Gasteiger partial charge in [-0.05, 0) is 64.3 Å². The number of amides is 1. The van der Waals surface area contributed by atoms with Crippen LogP contribution in [0.25, 0.3) is 5.57 Å². The number of carbonyl (C=O) groups is 2. The molecule has 0 aromatic heterocycles. The highest BCUT2D eigenvalue weighted by Crippen LogP contribution is 2.34. The van der Waals surface area contributed by atoms with Gasteiger partial charge in [-0.2, -0.15) is 0 Å². The Morgan fingerprint density at radius 1 is 1.18 bits per heavy atom. The van der Waals surface area contributed by atoms with E-state index in [0.29, 0.717) is 40.2 Å². The number of allylic oxidation sites excluding steroid dienone is 2. The summed E-state index contributed by atoms with van der Waals surface area (Å²) in [5.74, 6) is -0.607. The smallest absolute Gasteiger partial charge is 0.270 e. The number of nitrogens with zero attached hydrogens (tertiary/aromatic N) is 1. The number of hydrogen-bond acceptors (Lipinski definition) is 6. The molecule has 1 aromatic rings. The second-order valence-electron chi connectivity index (χ2n) is 7.98. The highest BCUT2D eigenvalue weighted by molar-refractivity contribution is 6.45. The van der Waals surface area contributed by atoms with Gasteiger partial charge in [0.25, 0.3) is 5.91 Å². The quantitative estimate of drug-likeness (QED) is 0.349. The number of ketones is 1.